The summed E-state index contributed by atoms with van der Waals surface area (Å²) in [5.41, 5.74) is 0.0150. The summed E-state index contributed by atoms with van der Waals surface area (Å²) >= 11 is 0. The van der Waals surface area contributed by atoms with Gasteiger partial charge in [0.2, 0.25) is 0 Å². The molecule has 1 aliphatic rings. The van der Waals surface area contributed by atoms with Crippen LogP contribution in [0.1, 0.15) is 19.8 Å². The molecule has 0 bridgehead atoms. The van der Waals surface area contributed by atoms with Crippen LogP contribution >= 0.6 is 0 Å². The number of urea groups is 1. The summed E-state index contributed by atoms with van der Waals surface area (Å²) < 4.78 is 11.4. The smallest absolute Gasteiger partial charge is 0.319 e. The number of amides is 2. The molecule has 110 valence electrons. The van der Waals surface area contributed by atoms with E-state index in [2.05, 4.69) is 10.6 Å². The van der Waals surface area contributed by atoms with E-state index in [1.165, 1.54) is 0 Å². The monoisotopic (exact) mass is 296 g/mol. The minimum absolute atomic E-state index is 0.0793. The Morgan fingerprint density at radius 2 is 2.20 bits per heavy atom. The SMILES string of the molecule is CS(=O)c1cccc(NC(=O)NC(C)(CO)C2CC2)c1. The molecule has 5 nitrogen and oxygen atoms in total. The number of carbonyl (C=O) groups is 1. The van der Waals surface area contributed by atoms with Crippen molar-refractivity contribution in [1.29, 1.82) is 0 Å². The van der Waals surface area contributed by atoms with Crippen LogP contribution in [0.3, 0.4) is 0 Å². The van der Waals surface area contributed by atoms with E-state index in [1.54, 1.807) is 30.5 Å². The van der Waals surface area contributed by atoms with Crippen LogP contribution in [0.5, 0.6) is 0 Å². The maximum Gasteiger partial charge on any atom is 0.319 e. The van der Waals surface area contributed by atoms with Gasteiger partial charge in [-0.1, -0.05) is 6.07 Å². The fourth-order valence-corrected chi connectivity index (χ4v) is 2.73. The van der Waals surface area contributed by atoms with Gasteiger partial charge in [-0.05, 0) is 43.9 Å². The number of aliphatic hydroxyl groups excluding tert-OH is 1. The van der Waals surface area contributed by atoms with Gasteiger partial charge >= 0.3 is 6.03 Å². The van der Waals surface area contributed by atoms with Crippen molar-refractivity contribution in [3.05, 3.63) is 24.3 Å². The molecule has 2 unspecified atom stereocenters. The molecular weight excluding hydrogens is 276 g/mol. The van der Waals surface area contributed by atoms with Gasteiger partial charge in [0.1, 0.15) is 0 Å². The van der Waals surface area contributed by atoms with Crippen LogP contribution in [-0.4, -0.2) is 33.7 Å². The summed E-state index contributed by atoms with van der Waals surface area (Å²) in [5.74, 6) is 0.340. The predicted molar refractivity (Wildman–Crippen MR) is 79.1 cm³/mol. The minimum atomic E-state index is -1.08. The van der Waals surface area contributed by atoms with Crippen LogP contribution in [0, 0.1) is 5.92 Å². The van der Waals surface area contributed by atoms with Gasteiger partial charge in [-0.15, -0.1) is 0 Å². The molecule has 1 aromatic rings. The quantitative estimate of drug-likeness (QED) is 0.774. The van der Waals surface area contributed by atoms with Gasteiger partial charge in [-0.3, -0.25) is 4.21 Å². The van der Waals surface area contributed by atoms with E-state index in [0.717, 1.165) is 12.8 Å². The summed E-state index contributed by atoms with van der Waals surface area (Å²) in [6, 6.07) is 6.57. The number of hydrogen-bond donors (Lipinski definition) is 3. The zero-order chi connectivity index (χ0) is 14.8. The van der Waals surface area contributed by atoms with Gasteiger partial charge in [-0.25, -0.2) is 4.79 Å². The fourth-order valence-electron chi connectivity index (χ4n) is 2.17. The summed E-state index contributed by atoms with van der Waals surface area (Å²) in [6.45, 7) is 1.77. The lowest BCUT2D eigenvalue weighted by Crippen LogP contribution is -2.52. The zero-order valence-corrected chi connectivity index (χ0v) is 12.5. The van der Waals surface area contributed by atoms with Crippen LogP contribution in [0.4, 0.5) is 10.5 Å². The van der Waals surface area contributed by atoms with Crippen LogP contribution < -0.4 is 10.6 Å². The molecule has 1 fully saturated rings. The van der Waals surface area contributed by atoms with E-state index in [0.29, 0.717) is 16.5 Å². The Morgan fingerprint density at radius 3 is 2.75 bits per heavy atom. The fraction of sp³-hybridized carbons (Fsp3) is 0.500. The van der Waals surface area contributed by atoms with Crippen molar-refractivity contribution < 1.29 is 14.1 Å². The number of nitrogens with one attached hydrogen (secondary N) is 2. The number of rotatable bonds is 5. The number of aliphatic hydroxyl groups is 1. The summed E-state index contributed by atoms with van der Waals surface area (Å²) in [6.07, 6.45) is 3.65. The van der Waals surface area contributed by atoms with Gasteiger partial charge in [0.25, 0.3) is 0 Å². The average molecular weight is 296 g/mol. The maximum absolute atomic E-state index is 12.0. The molecule has 1 aromatic carbocycles. The van der Waals surface area contributed by atoms with Crippen LogP contribution in [0.15, 0.2) is 29.2 Å². The second-order valence-electron chi connectivity index (χ2n) is 5.41. The molecule has 1 saturated carbocycles. The standard InChI is InChI=1S/C14H20N2O3S/c1-14(9-17,10-6-7-10)16-13(18)15-11-4-3-5-12(8-11)20(2)19/h3-5,8,10,17H,6-7,9H2,1-2H3,(H2,15,16,18). The topological polar surface area (TPSA) is 78.4 Å². The lowest BCUT2D eigenvalue weighted by Gasteiger charge is -2.28. The van der Waals surface area contributed by atoms with Gasteiger partial charge in [-0.2, -0.15) is 0 Å². The third-order valence-corrected chi connectivity index (χ3v) is 4.55. The van der Waals surface area contributed by atoms with Crippen molar-refractivity contribution in [2.24, 2.45) is 5.92 Å². The van der Waals surface area contributed by atoms with E-state index < -0.39 is 16.3 Å². The molecule has 3 N–H and O–H groups in total. The van der Waals surface area contributed by atoms with Gasteiger partial charge in [0.05, 0.1) is 12.1 Å². The Bertz CT molecular complexity index is 531. The first-order valence-electron chi connectivity index (χ1n) is 6.58. The van der Waals surface area contributed by atoms with E-state index in [9.17, 15) is 14.1 Å². The summed E-state index contributed by atoms with van der Waals surface area (Å²) in [7, 11) is -1.08. The molecule has 0 aromatic heterocycles. The molecule has 0 saturated heterocycles. The van der Waals surface area contributed by atoms with Crippen molar-refractivity contribution in [3.8, 4) is 0 Å². The van der Waals surface area contributed by atoms with Gasteiger partial charge < -0.3 is 15.7 Å². The highest BCUT2D eigenvalue weighted by molar-refractivity contribution is 7.84. The third-order valence-electron chi connectivity index (χ3n) is 3.63. The number of carbonyl (C=O) groups excluding carboxylic acids is 1. The summed E-state index contributed by atoms with van der Waals surface area (Å²) in [4.78, 5) is 12.7. The first kappa shape index (κ1) is 15.0. The predicted octanol–water partition coefficient (Wildman–Crippen LogP) is 1.71. The van der Waals surface area contributed by atoms with E-state index >= 15 is 0 Å². The number of benzene rings is 1. The molecule has 2 amide bonds. The molecule has 2 atom stereocenters. The largest absolute Gasteiger partial charge is 0.394 e. The number of anilines is 1. The second-order valence-corrected chi connectivity index (χ2v) is 6.79. The summed E-state index contributed by atoms with van der Waals surface area (Å²) in [5, 5.41) is 15.0. The molecule has 0 heterocycles. The second kappa shape index (κ2) is 5.93. The van der Waals surface area contributed by atoms with Crippen molar-refractivity contribution >= 4 is 22.5 Å². The molecule has 0 spiro atoms. The van der Waals surface area contributed by atoms with Gasteiger partial charge in [0.15, 0.2) is 0 Å². The zero-order valence-electron chi connectivity index (χ0n) is 11.7. The third kappa shape index (κ3) is 3.58. The van der Waals surface area contributed by atoms with E-state index in [4.69, 9.17) is 0 Å². The molecule has 6 heteroatoms. The lowest BCUT2D eigenvalue weighted by molar-refractivity contribution is 0.159. The van der Waals surface area contributed by atoms with Crippen LogP contribution in [0.2, 0.25) is 0 Å². The average Bonchev–Trinajstić information content (AvgIpc) is 3.23. The molecule has 2 rings (SSSR count). The highest BCUT2D eigenvalue weighted by Crippen LogP contribution is 2.39. The van der Waals surface area contributed by atoms with Crippen LogP contribution in [-0.2, 0) is 10.8 Å². The van der Waals surface area contributed by atoms with Crippen molar-refractivity contribution in [3.63, 3.8) is 0 Å². The normalized spacial score (nSPS) is 18.9. The lowest BCUT2D eigenvalue weighted by atomic mass is 9.97. The minimum Gasteiger partial charge on any atom is -0.394 e. The van der Waals surface area contributed by atoms with Crippen molar-refractivity contribution in [2.45, 2.75) is 30.2 Å². The highest BCUT2D eigenvalue weighted by Gasteiger charge is 2.42. The van der Waals surface area contributed by atoms with Crippen molar-refractivity contribution in [1.82, 2.24) is 5.32 Å². The Morgan fingerprint density at radius 1 is 1.50 bits per heavy atom. The van der Waals surface area contributed by atoms with Gasteiger partial charge in [0, 0.05) is 27.6 Å². The van der Waals surface area contributed by atoms with E-state index in [-0.39, 0.29) is 12.6 Å². The Hall–Kier alpha value is -1.40. The highest BCUT2D eigenvalue weighted by atomic mass is 32.2. The molecule has 20 heavy (non-hydrogen) atoms. The van der Waals surface area contributed by atoms with Crippen LogP contribution in [0.25, 0.3) is 0 Å². The molecule has 0 aliphatic heterocycles. The van der Waals surface area contributed by atoms with Crippen molar-refractivity contribution in [2.75, 3.05) is 18.2 Å². The Labute approximate surface area is 121 Å². The number of hydrogen-bond acceptors (Lipinski definition) is 3. The molecule has 0 radical (unpaired) electrons. The molecular formula is C14H20N2O3S. The molecule has 1 aliphatic carbocycles. The Kier molecular flexibility index (Phi) is 4.45. The first-order chi connectivity index (χ1) is 9.44. The Balaban J connectivity index is 2.00. The van der Waals surface area contributed by atoms with E-state index in [1.807, 2.05) is 6.92 Å². The maximum atomic E-state index is 12.0. The first-order valence-corrected chi connectivity index (χ1v) is 8.14.